The zero-order chi connectivity index (χ0) is 21.2. The molecule has 6 nitrogen and oxygen atoms in total. The minimum Gasteiger partial charge on any atom is -0.493 e. The normalized spacial score (nSPS) is 12.1. The second kappa shape index (κ2) is 11.0. The van der Waals surface area contributed by atoms with E-state index in [9.17, 15) is 13.6 Å². The number of ether oxygens (including phenoxy) is 2. The molecular formula is C21H24F2N2O4. The van der Waals surface area contributed by atoms with Gasteiger partial charge in [-0.3, -0.25) is 4.79 Å². The summed E-state index contributed by atoms with van der Waals surface area (Å²) in [5, 5.41) is 6.43. The molecule has 0 saturated heterocycles. The molecule has 1 N–H and O–H groups in total. The van der Waals surface area contributed by atoms with Crippen LogP contribution in [0.15, 0.2) is 47.6 Å². The highest BCUT2D eigenvalue weighted by Crippen LogP contribution is 2.29. The van der Waals surface area contributed by atoms with Gasteiger partial charge in [0.2, 0.25) is 0 Å². The highest BCUT2D eigenvalue weighted by Gasteiger charge is 2.10. The molecule has 0 bridgehead atoms. The fourth-order valence-corrected chi connectivity index (χ4v) is 2.48. The van der Waals surface area contributed by atoms with Crippen molar-refractivity contribution < 1.29 is 27.9 Å². The number of hydrogen-bond acceptors (Lipinski definition) is 5. The number of rotatable bonds is 10. The maximum Gasteiger partial charge on any atom is 0.387 e. The summed E-state index contributed by atoms with van der Waals surface area (Å²) in [4.78, 5) is 16.9. The Morgan fingerprint density at radius 3 is 2.52 bits per heavy atom. The molecule has 0 fully saturated rings. The van der Waals surface area contributed by atoms with Gasteiger partial charge in [0.05, 0.1) is 13.3 Å². The van der Waals surface area contributed by atoms with E-state index in [2.05, 4.69) is 29.1 Å². The third-order valence-electron chi connectivity index (χ3n) is 4.25. The molecule has 2 rings (SSSR count). The topological polar surface area (TPSA) is 69.2 Å². The van der Waals surface area contributed by atoms with E-state index in [-0.39, 0.29) is 24.0 Å². The molecule has 1 atom stereocenters. The molecule has 0 aliphatic rings. The van der Waals surface area contributed by atoms with Gasteiger partial charge in [0.25, 0.3) is 5.91 Å². The van der Waals surface area contributed by atoms with Crippen LogP contribution < -0.4 is 14.8 Å². The number of alkyl halides is 2. The van der Waals surface area contributed by atoms with E-state index >= 15 is 0 Å². The summed E-state index contributed by atoms with van der Waals surface area (Å²) < 4.78 is 34.0. The summed E-state index contributed by atoms with van der Waals surface area (Å²) in [7, 11) is 1.34. The Labute approximate surface area is 168 Å². The number of nitrogens with one attached hydrogen (secondary N) is 1. The van der Waals surface area contributed by atoms with E-state index in [1.165, 1.54) is 37.1 Å². The van der Waals surface area contributed by atoms with E-state index in [4.69, 9.17) is 9.57 Å². The molecule has 0 aromatic heterocycles. The maximum absolute atomic E-state index is 12.3. The number of methoxy groups -OCH3 is 1. The van der Waals surface area contributed by atoms with Gasteiger partial charge < -0.3 is 19.6 Å². The lowest BCUT2D eigenvalue weighted by Crippen LogP contribution is -2.17. The zero-order valence-electron chi connectivity index (χ0n) is 16.5. The molecule has 0 aliphatic heterocycles. The minimum atomic E-state index is -2.95. The number of anilines is 1. The van der Waals surface area contributed by atoms with Gasteiger partial charge in [-0.15, -0.1) is 0 Å². The Kier molecular flexibility index (Phi) is 8.39. The number of carbonyl (C=O) groups is 1. The van der Waals surface area contributed by atoms with E-state index in [1.807, 2.05) is 24.3 Å². The summed E-state index contributed by atoms with van der Waals surface area (Å²) in [5.41, 5.74) is 2.42. The van der Waals surface area contributed by atoms with Crippen LogP contribution in [0.5, 0.6) is 11.5 Å². The first kappa shape index (κ1) is 22.1. The van der Waals surface area contributed by atoms with Crippen LogP contribution in [0, 0.1) is 0 Å². The van der Waals surface area contributed by atoms with E-state index in [0.29, 0.717) is 17.2 Å². The molecule has 156 valence electrons. The first-order valence-corrected chi connectivity index (χ1v) is 9.11. The number of amides is 1. The fourth-order valence-electron chi connectivity index (χ4n) is 2.48. The molecule has 2 aromatic rings. The van der Waals surface area contributed by atoms with Gasteiger partial charge in [0, 0.05) is 11.3 Å². The Balaban J connectivity index is 1.84. The van der Waals surface area contributed by atoms with Crippen molar-refractivity contribution >= 4 is 17.8 Å². The first-order chi connectivity index (χ1) is 13.9. The number of nitrogens with zero attached hydrogens (tertiary/aromatic N) is 1. The van der Waals surface area contributed by atoms with Crippen LogP contribution in [0.1, 0.15) is 37.3 Å². The van der Waals surface area contributed by atoms with Crippen LogP contribution in [-0.2, 0) is 9.63 Å². The number of carbonyl (C=O) groups excluding carboxylic acids is 1. The Hall–Kier alpha value is -3.16. The lowest BCUT2D eigenvalue weighted by atomic mass is 9.99. The van der Waals surface area contributed by atoms with Gasteiger partial charge >= 0.3 is 6.61 Å². The largest absolute Gasteiger partial charge is 0.493 e. The molecule has 1 amide bonds. The van der Waals surface area contributed by atoms with Crippen LogP contribution in [0.2, 0.25) is 0 Å². The van der Waals surface area contributed by atoms with Crippen LogP contribution >= 0.6 is 0 Å². The third-order valence-corrected chi connectivity index (χ3v) is 4.25. The van der Waals surface area contributed by atoms with Gasteiger partial charge in [-0.1, -0.05) is 31.1 Å². The molecule has 0 aliphatic carbocycles. The van der Waals surface area contributed by atoms with Gasteiger partial charge in [0.15, 0.2) is 18.1 Å². The monoisotopic (exact) mass is 406 g/mol. The Morgan fingerprint density at radius 2 is 1.90 bits per heavy atom. The first-order valence-electron chi connectivity index (χ1n) is 9.11. The molecular weight excluding hydrogens is 382 g/mol. The molecule has 0 spiro atoms. The molecule has 8 heteroatoms. The van der Waals surface area contributed by atoms with Gasteiger partial charge in [0.1, 0.15) is 0 Å². The van der Waals surface area contributed by atoms with Crippen LogP contribution in [0.3, 0.4) is 0 Å². The summed E-state index contributed by atoms with van der Waals surface area (Å²) in [6.45, 7) is 1.05. The molecule has 0 unspecified atom stereocenters. The third kappa shape index (κ3) is 7.06. The van der Waals surface area contributed by atoms with E-state index in [0.717, 1.165) is 6.42 Å². The maximum atomic E-state index is 12.3. The summed E-state index contributed by atoms with van der Waals surface area (Å²) >= 11 is 0. The smallest absolute Gasteiger partial charge is 0.387 e. The molecule has 0 saturated carbocycles. The van der Waals surface area contributed by atoms with Gasteiger partial charge in [-0.05, 0) is 48.2 Å². The standard InChI is InChI=1S/C21H24F2N2O4/c1-4-14(2)16-6-8-17(9-7-16)25-20(26)13-28-24-12-15-5-10-18(29-21(22)23)19(11-15)27-3/h5-12,14,21H,4,13H2,1-3H3,(H,25,26)/b24-12-/t14-/m1/s1. The predicted octanol–water partition coefficient (Wildman–Crippen LogP) is 4.80. The van der Waals surface area contributed by atoms with Crippen molar-refractivity contribution in [1.29, 1.82) is 0 Å². The SMILES string of the molecule is CC[C@@H](C)c1ccc(NC(=O)CO/N=C\c2ccc(OC(F)F)c(OC)c2)cc1. The average Bonchev–Trinajstić information content (AvgIpc) is 2.71. The van der Waals surface area contributed by atoms with Crippen molar-refractivity contribution in [1.82, 2.24) is 0 Å². The van der Waals surface area contributed by atoms with Crippen LogP contribution in [0.25, 0.3) is 0 Å². The van der Waals surface area contributed by atoms with E-state index in [1.54, 1.807) is 0 Å². The molecule has 0 heterocycles. The minimum absolute atomic E-state index is 0.0840. The van der Waals surface area contributed by atoms with E-state index < -0.39 is 6.61 Å². The highest BCUT2D eigenvalue weighted by molar-refractivity contribution is 5.91. The Bertz CT molecular complexity index is 826. The number of benzene rings is 2. The molecule has 29 heavy (non-hydrogen) atoms. The molecule has 0 radical (unpaired) electrons. The van der Waals surface area contributed by atoms with Crippen LogP contribution in [-0.4, -0.2) is 32.4 Å². The van der Waals surface area contributed by atoms with Gasteiger partial charge in [-0.2, -0.15) is 8.78 Å². The number of halogens is 2. The summed E-state index contributed by atoms with van der Waals surface area (Å²) in [6.07, 6.45) is 2.38. The second-order valence-corrected chi connectivity index (χ2v) is 6.28. The van der Waals surface area contributed by atoms with Crippen LogP contribution in [0.4, 0.5) is 14.5 Å². The molecule has 2 aromatic carbocycles. The zero-order valence-corrected chi connectivity index (χ0v) is 16.5. The average molecular weight is 406 g/mol. The summed E-state index contributed by atoms with van der Waals surface area (Å²) in [6, 6.07) is 12.0. The number of hydrogen-bond donors (Lipinski definition) is 1. The van der Waals surface area contributed by atoms with Crippen molar-refractivity contribution in [2.45, 2.75) is 32.8 Å². The van der Waals surface area contributed by atoms with Crippen molar-refractivity contribution in [2.24, 2.45) is 5.16 Å². The van der Waals surface area contributed by atoms with Crippen molar-refractivity contribution in [2.75, 3.05) is 19.0 Å². The highest BCUT2D eigenvalue weighted by atomic mass is 19.3. The lowest BCUT2D eigenvalue weighted by Gasteiger charge is -2.10. The number of oxime groups is 1. The quantitative estimate of drug-likeness (QED) is 0.455. The Morgan fingerprint density at radius 1 is 1.17 bits per heavy atom. The van der Waals surface area contributed by atoms with Crippen molar-refractivity contribution in [3.8, 4) is 11.5 Å². The van der Waals surface area contributed by atoms with Crippen molar-refractivity contribution in [3.63, 3.8) is 0 Å². The van der Waals surface area contributed by atoms with Crippen molar-refractivity contribution in [3.05, 3.63) is 53.6 Å². The second-order valence-electron chi connectivity index (χ2n) is 6.28. The van der Waals surface area contributed by atoms with Gasteiger partial charge in [-0.25, -0.2) is 0 Å². The lowest BCUT2D eigenvalue weighted by molar-refractivity contribution is -0.120. The summed E-state index contributed by atoms with van der Waals surface area (Å²) in [5.74, 6) is 0.163. The predicted molar refractivity (Wildman–Crippen MR) is 107 cm³/mol. The fraction of sp³-hybridized carbons (Fsp3) is 0.333.